The van der Waals surface area contributed by atoms with Gasteiger partial charge in [-0.3, -0.25) is 4.79 Å². The standard InChI is InChI=1S/C25H24ClF4N5O/c26-21-22(24(36)34-12-10-33(11-13-34)15-16-4-2-1-3-5-16)32-35-20(25(28,29)30)14-19(31-23(21)35)17-6-8-18(27)9-7-17/h1-9,19-20,31H,10-15H2/p+1. The van der Waals surface area contributed by atoms with Gasteiger partial charge in [0.05, 0.1) is 32.2 Å². The van der Waals surface area contributed by atoms with Gasteiger partial charge in [0, 0.05) is 12.0 Å². The van der Waals surface area contributed by atoms with Crippen LogP contribution in [0.25, 0.3) is 0 Å². The summed E-state index contributed by atoms with van der Waals surface area (Å²) >= 11 is 6.46. The average Bonchev–Trinajstić information content (AvgIpc) is 3.20. The van der Waals surface area contributed by atoms with Crippen molar-refractivity contribution in [2.75, 3.05) is 31.5 Å². The second-order valence-electron chi connectivity index (χ2n) is 9.20. The zero-order chi connectivity index (χ0) is 25.4. The van der Waals surface area contributed by atoms with E-state index in [0.29, 0.717) is 31.7 Å². The lowest BCUT2D eigenvalue weighted by Gasteiger charge is -2.33. The molecule has 0 aliphatic carbocycles. The Bertz CT molecular complexity index is 1220. The first-order valence-electron chi connectivity index (χ1n) is 11.7. The molecule has 3 heterocycles. The fourth-order valence-electron chi connectivity index (χ4n) is 4.88. The largest absolute Gasteiger partial charge is 0.410 e. The first kappa shape index (κ1) is 24.6. The number of amides is 1. The zero-order valence-corrected chi connectivity index (χ0v) is 20.0. The molecule has 2 aromatic carbocycles. The third kappa shape index (κ3) is 4.92. The zero-order valence-electron chi connectivity index (χ0n) is 19.2. The number of halogens is 5. The Balaban J connectivity index is 1.35. The van der Waals surface area contributed by atoms with Crippen molar-refractivity contribution in [3.63, 3.8) is 0 Å². The molecule has 6 nitrogen and oxygen atoms in total. The van der Waals surface area contributed by atoms with Crippen molar-refractivity contribution in [3.05, 3.63) is 82.3 Å². The van der Waals surface area contributed by atoms with Crippen molar-refractivity contribution in [2.24, 2.45) is 0 Å². The number of nitrogens with one attached hydrogen (secondary N) is 2. The summed E-state index contributed by atoms with van der Waals surface area (Å²) in [5.41, 5.74) is 1.50. The number of alkyl halides is 3. The van der Waals surface area contributed by atoms with E-state index in [-0.39, 0.29) is 23.0 Å². The number of hydrogen-bond donors (Lipinski definition) is 2. The molecule has 2 aliphatic heterocycles. The van der Waals surface area contributed by atoms with E-state index in [1.807, 2.05) is 18.2 Å². The molecule has 5 rings (SSSR count). The molecular weight excluding hydrogens is 498 g/mol. The highest BCUT2D eigenvalue weighted by atomic mass is 35.5. The van der Waals surface area contributed by atoms with Gasteiger partial charge >= 0.3 is 6.18 Å². The maximum atomic E-state index is 14.0. The quantitative estimate of drug-likeness (QED) is 0.512. The Kier molecular flexibility index (Phi) is 6.65. The number of anilines is 1. The smallest absolute Gasteiger partial charge is 0.362 e. The number of piperazine rings is 1. The summed E-state index contributed by atoms with van der Waals surface area (Å²) in [6.45, 7) is 3.16. The molecule has 3 aromatic rings. The van der Waals surface area contributed by atoms with Crippen LogP contribution in [0.3, 0.4) is 0 Å². The van der Waals surface area contributed by atoms with Crippen LogP contribution in [0, 0.1) is 5.82 Å². The summed E-state index contributed by atoms with van der Waals surface area (Å²) in [7, 11) is 0. The van der Waals surface area contributed by atoms with E-state index < -0.39 is 30.0 Å². The minimum absolute atomic E-state index is 0.0590. The van der Waals surface area contributed by atoms with Gasteiger partial charge in [-0.2, -0.15) is 18.3 Å². The van der Waals surface area contributed by atoms with E-state index in [0.717, 1.165) is 11.2 Å². The van der Waals surface area contributed by atoms with Crippen LogP contribution in [0.1, 0.15) is 40.1 Å². The average molecular weight is 523 g/mol. The molecule has 2 N–H and O–H groups in total. The first-order chi connectivity index (χ1) is 17.2. The maximum Gasteiger partial charge on any atom is 0.410 e. The van der Waals surface area contributed by atoms with Gasteiger partial charge in [-0.15, -0.1) is 0 Å². The molecule has 1 fully saturated rings. The molecule has 2 atom stereocenters. The normalized spacial score (nSPS) is 20.6. The summed E-state index contributed by atoms with van der Waals surface area (Å²) in [4.78, 5) is 16.2. The molecule has 36 heavy (non-hydrogen) atoms. The summed E-state index contributed by atoms with van der Waals surface area (Å²) in [6.07, 6.45) is -4.98. The van der Waals surface area contributed by atoms with E-state index >= 15 is 0 Å². The highest BCUT2D eigenvalue weighted by molar-refractivity contribution is 6.36. The second-order valence-corrected chi connectivity index (χ2v) is 9.58. The van der Waals surface area contributed by atoms with Gasteiger partial charge in [0.15, 0.2) is 11.7 Å². The van der Waals surface area contributed by atoms with E-state index in [1.54, 1.807) is 4.90 Å². The lowest BCUT2D eigenvalue weighted by atomic mass is 9.97. The van der Waals surface area contributed by atoms with Crippen LogP contribution in [0.15, 0.2) is 54.6 Å². The number of carbonyl (C=O) groups is 1. The molecular formula is C25H25ClF4N5O+. The van der Waals surface area contributed by atoms with E-state index in [9.17, 15) is 22.4 Å². The van der Waals surface area contributed by atoms with Gasteiger partial charge in [0.1, 0.15) is 23.2 Å². The topological polar surface area (TPSA) is 54.6 Å². The summed E-state index contributed by atoms with van der Waals surface area (Å²) in [6, 6.07) is 12.6. The van der Waals surface area contributed by atoms with Crippen LogP contribution in [0.2, 0.25) is 5.02 Å². The van der Waals surface area contributed by atoms with Crippen LogP contribution in [-0.4, -0.2) is 52.9 Å². The van der Waals surface area contributed by atoms with Gasteiger partial charge in [-0.05, 0) is 17.7 Å². The van der Waals surface area contributed by atoms with Crippen LogP contribution in [-0.2, 0) is 6.54 Å². The van der Waals surface area contributed by atoms with Crippen molar-refractivity contribution in [1.29, 1.82) is 0 Å². The SMILES string of the molecule is O=C(c1nn2c(c1Cl)NC(c1ccc(F)cc1)CC2C(F)(F)F)N1CC[NH+](Cc2ccccc2)CC1. The lowest BCUT2D eigenvalue weighted by molar-refractivity contribution is -0.917. The Hall–Kier alpha value is -3.11. The molecule has 0 saturated carbocycles. The van der Waals surface area contributed by atoms with Crippen LogP contribution in [0.5, 0.6) is 0 Å². The lowest BCUT2D eigenvalue weighted by Crippen LogP contribution is -3.13. The molecule has 0 radical (unpaired) electrons. The van der Waals surface area contributed by atoms with Gasteiger partial charge in [-0.1, -0.05) is 54.1 Å². The predicted molar refractivity (Wildman–Crippen MR) is 126 cm³/mol. The molecule has 2 aliphatic rings. The van der Waals surface area contributed by atoms with Crippen molar-refractivity contribution in [2.45, 2.75) is 31.2 Å². The summed E-state index contributed by atoms with van der Waals surface area (Å²) in [5.74, 6) is -1.03. The third-order valence-electron chi connectivity index (χ3n) is 6.83. The van der Waals surface area contributed by atoms with E-state index in [4.69, 9.17) is 11.6 Å². The number of nitrogens with zero attached hydrogens (tertiary/aromatic N) is 3. The highest BCUT2D eigenvalue weighted by Crippen LogP contribution is 2.46. The number of fused-ring (bicyclic) bond motifs is 1. The first-order valence-corrected chi connectivity index (χ1v) is 12.1. The molecule has 11 heteroatoms. The number of aromatic nitrogens is 2. The third-order valence-corrected chi connectivity index (χ3v) is 7.18. The maximum absolute atomic E-state index is 14.0. The minimum atomic E-state index is -4.61. The predicted octanol–water partition coefficient (Wildman–Crippen LogP) is 3.88. The minimum Gasteiger partial charge on any atom is -0.362 e. The molecule has 1 saturated heterocycles. The fourth-order valence-corrected chi connectivity index (χ4v) is 5.14. The van der Waals surface area contributed by atoms with Crippen molar-refractivity contribution in [3.8, 4) is 0 Å². The summed E-state index contributed by atoms with van der Waals surface area (Å²) in [5, 5.41) is 6.89. The highest BCUT2D eigenvalue weighted by Gasteiger charge is 2.48. The molecule has 0 spiro atoms. The van der Waals surface area contributed by atoms with Crippen molar-refractivity contribution < 1.29 is 27.3 Å². The van der Waals surface area contributed by atoms with Gasteiger partial charge in [-0.25, -0.2) is 9.07 Å². The summed E-state index contributed by atoms with van der Waals surface area (Å²) < 4.78 is 56.1. The molecule has 1 amide bonds. The van der Waals surface area contributed by atoms with Gasteiger partial charge < -0.3 is 15.1 Å². The second kappa shape index (κ2) is 9.74. The Morgan fingerprint density at radius 3 is 2.39 bits per heavy atom. The van der Waals surface area contributed by atoms with Crippen LogP contribution >= 0.6 is 11.6 Å². The van der Waals surface area contributed by atoms with Crippen molar-refractivity contribution in [1.82, 2.24) is 14.7 Å². The molecule has 0 bridgehead atoms. The monoisotopic (exact) mass is 522 g/mol. The van der Waals surface area contributed by atoms with Crippen molar-refractivity contribution >= 4 is 23.3 Å². The molecule has 2 unspecified atom stereocenters. The Morgan fingerprint density at radius 2 is 1.75 bits per heavy atom. The number of carbonyl (C=O) groups excluding carboxylic acids is 1. The fraction of sp³-hybridized carbons (Fsp3) is 0.360. The molecule has 1 aromatic heterocycles. The number of benzene rings is 2. The number of rotatable bonds is 4. The Morgan fingerprint density at radius 1 is 1.08 bits per heavy atom. The molecule has 190 valence electrons. The van der Waals surface area contributed by atoms with Gasteiger partial charge in [0.2, 0.25) is 0 Å². The van der Waals surface area contributed by atoms with E-state index in [2.05, 4.69) is 22.5 Å². The van der Waals surface area contributed by atoms with Crippen LogP contribution in [0.4, 0.5) is 23.4 Å². The number of quaternary nitrogens is 1. The van der Waals surface area contributed by atoms with Crippen LogP contribution < -0.4 is 10.2 Å². The van der Waals surface area contributed by atoms with E-state index in [1.165, 1.54) is 34.7 Å². The Labute approximate surface area is 210 Å². The number of hydrogen-bond acceptors (Lipinski definition) is 3. The van der Waals surface area contributed by atoms with Gasteiger partial charge in [0.25, 0.3) is 5.91 Å².